The van der Waals surface area contributed by atoms with E-state index in [1.807, 2.05) is 23.1 Å². The molecule has 1 fully saturated rings. The van der Waals surface area contributed by atoms with E-state index in [1.54, 1.807) is 32.2 Å². The van der Waals surface area contributed by atoms with Crippen LogP contribution in [0.2, 0.25) is 0 Å². The van der Waals surface area contributed by atoms with Crippen molar-refractivity contribution in [2.45, 2.75) is 51.3 Å². The summed E-state index contributed by atoms with van der Waals surface area (Å²) in [6.07, 6.45) is 4.47. The molecule has 1 unspecified atom stereocenters. The Hall–Kier alpha value is -2.43. The third-order valence-electron chi connectivity index (χ3n) is 5.82. The van der Waals surface area contributed by atoms with Crippen LogP contribution in [0.3, 0.4) is 0 Å². The van der Waals surface area contributed by atoms with Gasteiger partial charge in [0.05, 0.1) is 17.1 Å². The zero-order valence-corrected chi connectivity index (χ0v) is 20.5. The predicted octanol–water partition coefficient (Wildman–Crippen LogP) is 1.99. The van der Waals surface area contributed by atoms with Crippen LogP contribution in [0, 0.1) is 0 Å². The average Bonchev–Trinajstić information content (AvgIpc) is 2.82. The first-order valence-electron chi connectivity index (χ1n) is 11.6. The molecule has 33 heavy (non-hydrogen) atoms. The van der Waals surface area contributed by atoms with Crippen molar-refractivity contribution in [1.29, 1.82) is 0 Å². The molecular weight excluding hydrogens is 442 g/mol. The molecule has 1 aromatic heterocycles. The summed E-state index contributed by atoms with van der Waals surface area (Å²) in [5.74, 6) is 0.195. The first-order valence-corrected chi connectivity index (χ1v) is 13.1. The van der Waals surface area contributed by atoms with Crippen LogP contribution in [-0.4, -0.2) is 66.6 Å². The highest BCUT2D eigenvalue weighted by Gasteiger charge is 2.31. The van der Waals surface area contributed by atoms with Crippen LogP contribution in [0.4, 0.5) is 5.69 Å². The summed E-state index contributed by atoms with van der Waals surface area (Å²) in [6.45, 7) is 7.27. The molecule has 1 aliphatic rings. The number of anilines is 1. The first-order chi connectivity index (χ1) is 15.8. The number of para-hydroxylation sites is 1. The van der Waals surface area contributed by atoms with E-state index in [1.165, 1.54) is 8.99 Å². The quantitative estimate of drug-likeness (QED) is 0.557. The standard InChI is InChI=1S/C23H35N5O4S/c1-4-5-9-19(24)17-32-22-21(16-25-28(23(22)29)20-10-7-6-8-11-20)26-12-14-27(15-13-26)33(30,31)18(2)3/h6-8,10-11,16,18-19H,4-5,9,12-15,17,24H2,1-3H3. The highest BCUT2D eigenvalue weighted by molar-refractivity contribution is 7.89. The van der Waals surface area contributed by atoms with Crippen molar-refractivity contribution in [3.05, 3.63) is 46.9 Å². The second-order valence-electron chi connectivity index (χ2n) is 8.60. The third kappa shape index (κ3) is 5.93. The average molecular weight is 478 g/mol. The van der Waals surface area contributed by atoms with E-state index >= 15 is 0 Å². The van der Waals surface area contributed by atoms with Crippen molar-refractivity contribution in [2.24, 2.45) is 5.73 Å². The highest BCUT2D eigenvalue weighted by Crippen LogP contribution is 2.26. The topological polar surface area (TPSA) is 111 Å². The highest BCUT2D eigenvalue weighted by atomic mass is 32.2. The number of piperazine rings is 1. The molecule has 2 aromatic rings. The van der Waals surface area contributed by atoms with Crippen molar-refractivity contribution in [1.82, 2.24) is 14.1 Å². The van der Waals surface area contributed by atoms with Gasteiger partial charge in [-0.1, -0.05) is 38.0 Å². The molecule has 0 bridgehead atoms. The molecule has 2 N–H and O–H groups in total. The molecule has 3 rings (SSSR count). The maximum atomic E-state index is 13.4. The van der Waals surface area contributed by atoms with Gasteiger partial charge in [-0.25, -0.2) is 8.42 Å². The summed E-state index contributed by atoms with van der Waals surface area (Å²) in [5, 5.41) is 3.91. The van der Waals surface area contributed by atoms with E-state index in [4.69, 9.17) is 10.5 Å². The first kappa shape index (κ1) is 25.2. The molecule has 1 aromatic carbocycles. The van der Waals surface area contributed by atoms with Crippen LogP contribution < -0.4 is 20.9 Å². The third-order valence-corrected chi connectivity index (χ3v) is 8.10. The Labute approximate surface area is 196 Å². The molecule has 0 aliphatic carbocycles. The van der Waals surface area contributed by atoms with E-state index < -0.39 is 15.3 Å². The Morgan fingerprint density at radius 1 is 1.12 bits per heavy atom. The fraction of sp³-hybridized carbons (Fsp3) is 0.565. The Morgan fingerprint density at radius 3 is 2.39 bits per heavy atom. The number of benzene rings is 1. The largest absolute Gasteiger partial charge is 0.485 e. The minimum Gasteiger partial charge on any atom is -0.485 e. The van der Waals surface area contributed by atoms with Gasteiger partial charge >= 0.3 is 5.56 Å². The summed E-state index contributed by atoms with van der Waals surface area (Å²) < 4.78 is 33.9. The zero-order valence-electron chi connectivity index (χ0n) is 19.7. The van der Waals surface area contributed by atoms with Crippen LogP contribution in [0.1, 0.15) is 40.0 Å². The number of ether oxygens (including phenoxy) is 1. The fourth-order valence-electron chi connectivity index (χ4n) is 3.76. The molecule has 10 heteroatoms. The van der Waals surface area contributed by atoms with Gasteiger partial charge in [-0.3, -0.25) is 4.79 Å². The molecule has 0 amide bonds. The molecule has 1 aliphatic heterocycles. The summed E-state index contributed by atoms with van der Waals surface area (Å²) in [7, 11) is -3.32. The maximum absolute atomic E-state index is 13.4. The normalized spacial score (nSPS) is 16.2. The van der Waals surface area contributed by atoms with Crippen molar-refractivity contribution in [3.8, 4) is 11.4 Å². The molecular formula is C23H35N5O4S. The minimum absolute atomic E-state index is 0.177. The van der Waals surface area contributed by atoms with Crippen LogP contribution in [0.15, 0.2) is 41.3 Å². The van der Waals surface area contributed by atoms with E-state index in [2.05, 4.69) is 12.0 Å². The summed E-state index contributed by atoms with van der Waals surface area (Å²) in [6, 6.07) is 8.99. The van der Waals surface area contributed by atoms with Gasteiger partial charge in [-0.05, 0) is 32.4 Å². The molecule has 1 atom stereocenters. The Kier molecular flexibility index (Phi) is 8.50. The number of aromatic nitrogens is 2. The summed E-state index contributed by atoms with van der Waals surface area (Å²) in [5.41, 5.74) is 7.04. The van der Waals surface area contributed by atoms with Gasteiger partial charge in [0.2, 0.25) is 15.8 Å². The van der Waals surface area contributed by atoms with E-state index in [-0.39, 0.29) is 24.0 Å². The molecule has 0 radical (unpaired) electrons. The van der Waals surface area contributed by atoms with Crippen molar-refractivity contribution in [2.75, 3.05) is 37.7 Å². The minimum atomic E-state index is -3.32. The predicted molar refractivity (Wildman–Crippen MR) is 131 cm³/mol. The number of hydrogen-bond donors (Lipinski definition) is 1. The van der Waals surface area contributed by atoms with E-state index in [0.717, 1.165) is 19.3 Å². The van der Waals surface area contributed by atoms with Gasteiger partial charge in [0.15, 0.2) is 0 Å². The van der Waals surface area contributed by atoms with Crippen molar-refractivity contribution < 1.29 is 13.2 Å². The fourth-order valence-corrected chi connectivity index (χ4v) is 5.03. The summed E-state index contributed by atoms with van der Waals surface area (Å²) in [4.78, 5) is 15.3. The van der Waals surface area contributed by atoms with Gasteiger partial charge in [0.25, 0.3) is 0 Å². The number of hydrogen-bond acceptors (Lipinski definition) is 7. The van der Waals surface area contributed by atoms with Crippen LogP contribution in [0.25, 0.3) is 5.69 Å². The van der Waals surface area contributed by atoms with Crippen LogP contribution in [-0.2, 0) is 10.0 Å². The van der Waals surface area contributed by atoms with Gasteiger partial charge < -0.3 is 15.4 Å². The monoisotopic (exact) mass is 477 g/mol. The van der Waals surface area contributed by atoms with E-state index in [9.17, 15) is 13.2 Å². The Bertz CT molecular complexity index is 1060. The van der Waals surface area contributed by atoms with Gasteiger partial charge in [0.1, 0.15) is 12.3 Å². The lowest BCUT2D eigenvalue weighted by atomic mass is 10.1. The number of unbranched alkanes of at least 4 members (excludes halogenated alkanes) is 1. The van der Waals surface area contributed by atoms with Crippen molar-refractivity contribution >= 4 is 15.7 Å². The van der Waals surface area contributed by atoms with Crippen LogP contribution >= 0.6 is 0 Å². The molecule has 182 valence electrons. The lowest BCUT2D eigenvalue weighted by Crippen LogP contribution is -2.50. The molecule has 2 heterocycles. The number of rotatable bonds is 10. The zero-order chi connectivity index (χ0) is 24.0. The summed E-state index contributed by atoms with van der Waals surface area (Å²) >= 11 is 0. The number of sulfonamides is 1. The second-order valence-corrected chi connectivity index (χ2v) is 11.1. The number of nitrogens with zero attached hydrogens (tertiary/aromatic N) is 4. The van der Waals surface area contributed by atoms with Gasteiger partial charge in [-0.2, -0.15) is 14.1 Å². The molecule has 9 nitrogen and oxygen atoms in total. The molecule has 1 saturated heterocycles. The smallest absolute Gasteiger partial charge is 0.316 e. The lowest BCUT2D eigenvalue weighted by molar-refractivity contribution is 0.274. The van der Waals surface area contributed by atoms with Gasteiger partial charge in [0, 0.05) is 32.2 Å². The van der Waals surface area contributed by atoms with Crippen LogP contribution in [0.5, 0.6) is 5.75 Å². The SMILES string of the molecule is CCCCC(N)COc1c(N2CCN(S(=O)(=O)C(C)C)CC2)cnn(-c2ccccc2)c1=O. The van der Waals surface area contributed by atoms with E-state index in [0.29, 0.717) is 37.6 Å². The Balaban J connectivity index is 1.87. The Morgan fingerprint density at radius 2 is 1.79 bits per heavy atom. The maximum Gasteiger partial charge on any atom is 0.316 e. The molecule has 0 spiro atoms. The van der Waals surface area contributed by atoms with Gasteiger partial charge in [-0.15, -0.1) is 0 Å². The van der Waals surface area contributed by atoms with Crippen molar-refractivity contribution in [3.63, 3.8) is 0 Å². The number of nitrogens with two attached hydrogens (primary N) is 1. The lowest BCUT2D eigenvalue weighted by Gasteiger charge is -2.36. The molecule has 0 saturated carbocycles. The second kappa shape index (κ2) is 11.1.